The van der Waals surface area contributed by atoms with E-state index >= 15 is 0 Å². The summed E-state index contributed by atoms with van der Waals surface area (Å²) in [5, 5.41) is 8.58. The Bertz CT molecular complexity index is 2460. The van der Waals surface area contributed by atoms with Crippen molar-refractivity contribution in [3.05, 3.63) is 180 Å². The molecule has 4 heterocycles. The highest BCUT2D eigenvalue weighted by Crippen LogP contribution is 2.53. The van der Waals surface area contributed by atoms with Gasteiger partial charge in [-0.1, -0.05) is 109 Å². The van der Waals surface area contributed by atoms with Gasteiger partial charge in [0.25, 0.3) is 0 Å². The lowest BCUT2D eigenvalue weighted by atomic mass is 9.92. The molecule has 0 bridgehead atoms. The minimum Gasteiger partial charge on any atom is -0.380 e. The number of rotatable bonds is 3. The maximum atomic E-state index is 3.69. The van der Waals surface area contributed by atoms with Crippen LogP contribution in [-0.4, -0.2) is 11.1 Å². The third-order valence-corrected chi connectivity index (χ3v) is 10.0. The van der Waals surface area contributed by atoms with Gasteiger partial charge in [-0.3, -0.25) is 0 Å². The molecule has 7 aromatic rings. The zero-order chi connectivity index (χ0) is 31.6. The van der Waals surface area contributed by atoms with Gasteiger partial charge >= 0.3 is 0 Å². The van der Waals surface area contributed by atoms with E-state index in [0.29, 0.717) is 0 Å². The maximum absolute atomic E-state index is 3.69. The minimum atomic E-state index is 0.0729. The molecule has 4 nitrogen and oxygen atoms in total. The van der Waals surface area contributed by atoms with Gasteiger partial charge in [0.1, 0.15) is 0 Å². The Morgan fingerprint density at radius 1 is 0.625 bits per heavy atom. The average molecular weight is 617 g/mol. The molecule has 0 amide bonds. The number of anilines is 3. The van der Waals surface area contributed by atoms with Gasteiger partial charge in [0, 0.05) is 39.1 Å². The molecule has 0 radical (unpaired) electrons. The molecule has 48 heavy (non-hydrogen) atoms. The molecular formula is C44H32N4. The van der Waals surface area contributed by atoms with Gasteiger partial charge in [0.2, 0.25) is 0 Å². The van der Waals surface area contributed by atoms with Crippen molar-refractivity contribution in [2.45, 2.75) is 6.04 Å². The summed E-state index contributed by atoms with van der Waals surface area (Å²) in [6, 6.07) is 53.0. The number of hydrogen-bond acceptors (Lipinski definition) is 3. The molecule has 3 aliphatic heterocycles. The zero-order valence-electron chi connectivity index (χ0n) is 26.3. The molecule has 2 N–H and O–H groups in total. The van der Waals surface area contributed by atoms with Gasteiger partial charge in [0.05, 0.1) is 35.2 Å². The molecule has 1 aromatic heterocycles. The monoisotopic (exact) mass is 616 g/mol. The van der Waals surface area contributed by atoms with Gasteiger partial charge in [-0.15, -0.1) is 0 Å². The maximum Gasteiger partial charge on any atom is 0.0769 e. The number of aromatic nitrogens is 1. The van der Waals surface area contributed by atoms with Gasteiger partial charge < -0.3 is 20.1 Å². The standard InChI is InChI=1S/C44H32N4/c1-3-16-34-29(12-1)24-25-45-43(34)31-14-11-15-32(27-31)48-40-22-9-5-18-36(40)42-35-17-4-8-21-39(35)47(41-23-10-6-19-37(41)44(42)48)33-26-30-13-2-7-20-38(30)46-28-33/h1-27,43,45-46H,28H2. The number of fused-ring (bicyclic) bond motifs is 9. The van der Waals surface area contributed by atoms with Crippen LogP contribution in [0.1, 0.15) is 28.3 Å². The van der Waals surface area contributed by atoms with Crippen molar-refractivity contribution in [3.8, 4) is 28.1 Å². The third kappa shape index (κ3) is 4.02. The number of para-hydroxylation sites is 4. The Balaban J connectivity index is 1.24. The van der Waals surface area contributed by atoms with Gasteiger partial charge in [-0.25, -0.2) is 0 Å². The molecule has 4 heteroatoms. The number of nitrogens with one attached hydrogen (secondary N) is 2. The van der Waals surface area contributed by atoms with Crippen LogP contribution in [0.15, 0.2) is 157 Å². The first-order valence-electron chi connectivity index (χ1n) is 16.6. The highest BCUT2D eigenvalue weighted by Gasteiger charge is 2.32. The molecule has 0 saturated heterocycles. The van der Waals surface area contributed by atoms with E-state index in [-0.39, 0.29) is 6.04 Å². The first-order chi connectivity index (χ1) is 23.8. The van der Waals surface area contributed by atoms with Crippen molar-refractivity contribution in [1.82, 2.24) is 9.88 Å². The highest BCUT2D eigenvalue weighted by atomic mass is 15.2. The largest absolute Gasteiger partial charge is 0.380 e. The van der Waals surface area contributed by atoms with E-state index in [1.165, 1.54) is 78.3 Å². The molecule has 10 rings (SSSR count). The summed E-state index contributed by atoms with van der Waals surface area (Å²) in [4.78, 5) is 2.47. The van der Waals surface area contributed by atoms with Crippen LogP contribution >= 0.6 is 0 Å². The first-order valence-corrected chi connectivity index (χ1v) is 16.6. The van der Waals surface area contributed by atoms with E-state index in [1.54, 1.807) is 0 Å². The van der Waals surface area contributed by atoms with Crippen molar-refractivity contribution < 1.29 is 0 Å². The normalized spacial score (nSPS) is 15.5. The Kier molecular flexibility index (Phi) is 5.97. The molecule has 228 valence electrons. The van der Waals surface area contributed by atoms with Crippen molar-refractivity contribution in [2.24, 2.45) is 0 Å². The molecule has 1 unspecified atom stereocenters. The van der Waals surface area contributed by atoms with E-state index in [2.05, 4.69) is 184 Å². The lowest BCUT2D eigenvalue weighted by Gasteiger charge is -2.32. The fourth-order valence-electron chi connectivity index (χ4n) is 7.94. The summed E-state index contributed by atoms with van der Waals surface area (Å²) >= 11 is 0. The summed E-state index contributed by atoms with van der Waals surface area (Å²) in [6.45, 7) is 0.733. The molecule has 1 atom stereocenters. The van der Waals surface area contributed by atoms with E-state index in [0.717, 1.165) is 12.2 Å². The Labute approximate surface area is 279 Å². The van der Waals surface area contributed by atoms with Crippen molar-refractivity contribution in [1.29, 1.82) is 0 Å². The highest BCUT2D eigenvalue weighted by molar-refractivity contribution is 6.12. The van der Waals surface area contributed by atoms with Crippen molar-refractivity contribution >= 4 is 40.1 Å². The van der Waals surface area contributed by atoms with Crippen LogP contribution in [0.5, 0.6) is 0 Å². The summed E-state index contributed by atoms with van der Waals surface area (Å²) in [7, 11) is 0. The van der Waals surface area contributed by atoms with E-state index in [4.69, 9.17) is 0 Å². The number of hydrogen-bond donors (Lipinski definition) is 2. The number of nitrogens with zero attached hydrogens (tertiary/aromatic N) is 2. The van der Waals surface area contributed by atoms with Crippen LogP contribution in [0.25, 0.3) is 51.1 Å². The third-order valence-electron chi connectivity index (χ3n) is 10.0. The van der Waals surface area contributed by atoms with Crippen molar-refractivity contribution in [2.75, 3.05) is 16.8 Å². The molecule has 3 aliphatic rings. The quantitative estimate of drug-likeness (QED) is 0.207. The Hall–Kier alpha value is -6.26. The Morgan fingerprint density at radius 2 is 1.35 bits per heavy atom. The summed E-state index contributed by atoms with van der Waals surface area (Å²) in [5.74, 6) is 0. The predicted octanol–water partition coefficient (Wildman–Crippen LogP) is 10.5. The molecule has 0 aliphatic carbocycles. The van der Waals surface area contributed by atoms with Crippen molar-refractivity contribution in [3.63, 3.8) is 0 Å². The first kappa shape index (κ1) is 26.9. The summed E-state index contributed by atoms with van der Waals surface area (Å²) in [5.41, 5.74) is 17.0. The Morgan fingerprint density at radius 3 is 2.27 bits per heavy atom. The average Bonchev–Trinajstić information content (AvgIpc) is 3.44. The lowest BCUT2D eigenvalue weighted by Crippen LogP contribution is -2.25. The number of benzene rings is 6. The van der Waals surface area contributed by atoms with Gasteiger partial charge in [-0.05, 0) is 77.0 Å². The fourth-order valence-corrected chi connectivity index (χ4v) is 7.94. The smallest absolute Gasteiger partial charge is 0.0769 e. The lowest BCUT2D eigenvalue weighted by molar-refractivity contribution is 0.720. The van der Waals surface area contributed by atoms with Crippen LogP contribution in [0, 0.1) is 0 Å². The molecular weight excluding hydrogens is 585 g/mol. The van der Waals surface area contributed by atoms with Crippen LogP contribution in [0.3, 0.4) is 0 Å². The minimum absolute atomic E-state index is 0.0729. The van der Waals surface area contributed by atoms with E-state index in [9.17, 15) is 0 Å². The topological polar surface area (TPSA) is 32.2 Å². The van der Waals surface area contributed by atoms with Gasteiger partial charge in [0.15, 0.2) is 0 Å². The zero-order valence-corrected chi connectivity index (χ0v) is 26.3. The van der Waals surface area contributed by atoms with Gasteiger partial charge in [-0.2, -0.15) is 0 Å². The molecule has 6 aromatic carbocycles. The molecule has 0 saturated carbocycles. The second-order valence-corrected chi connectivity index (χ2v) is 12.7. The molecule has 0 spiro atoms. The molecule has 0 fully saturated rings. The van der Waals surface area contributed by atoms with Crippen LogP contribution in [0.2, 0.25) is 0 Å². The second-order valence-electron chi connectivity index (χ2n) is 12.7. The van der Waals surface area contributed by atoms with E-state index in [1.807, 2.05) is 0 Å². The van der Waals surface area contributed by atoms with Crippen LogP contribution in [-0.2, 0) is 0 Å². The second kappa shape index (κ2) is 10.6. The van der Waals surface area contributed by atoms with Crippen LogP contribution < -0.4 is 15.5 Å². The summed E-state index contributed by atoms with van der Waals surface area (Å²) < 4.78 is 2.49. The van der Waals surface area contributed by atoms with E-state index < -0.39 is 0 Å². The predicted molar refractivity (Wildman–Crippen MR) is 200 cm³/mol. The SMILES string of the molecule is C1=Cc2ccccc2C(c2cccc(-n3c4c(c5ccccc53)-c3ccccc3N(C3=Cc5ccccc5NC3)c3ccccc3-4)c2)N1. The summed E-state index contributed by atoms with van der Waals surface area (Å²) in [6.07, 6.45) is 6.57. The fraction of sp³-hybridized carbons (Fsp3) is 0.0455. The van der Waals surface area contributed by atoms with Crippen LogP contribution in [0.4, 0.5) is 17.1 Å².